The van der Waals surface area contributed by atoms with Gasteiger partial charge in [0.15, 0.2) is 6.10 Å². The van der Waals surface area contributed by atoms with Crippen LogP contribution >= 0.6 is 0 Å². The molecule has 2 rings (SSSR count). The third-order valence-corrected chi connectivity index (χ3v) is 3.85. The van der Waals surface area contributed by atoms with Gasteiger partial charge in [0.05, 0.1) is 6.07 Å². The first kappa shape index (κ1) is 14.5. The van der Waals surface area contributed by atoms with E-state index in [0.29, 0.717) is 0 Å². The fourth-order valence-corrected chi connectivity index (χ4v) is 2.84. The Hall–Kier alpha value is -1.86. The topological polar surface area (TPSA) is 53.3 Å². The van der Waals surface area contributed by atoms with Gasteiger partial charge in [-0.25, -0.2) is 0 Å². The molecule has 1 atom stereocenters. The molecule has 20 heavy (non-hydrogen) atoms. The van der Waals surface area contributed by atoms with Crippen molar-refractivity contribution in [3.63, 3.8) is 0 Å². The lowest BCUT2D eigenvalue weighted by Gasteiger charge is -2.30. The summed E-state index contributed by atoms with van der Waals surface area (Å²) >= 11 is 0. The van der Waals surface area contributed by atoms with E-state index < -0.39 is 6.10 Å². The number of nitriles is 1. The molecule has 1 saturated carbocycles. The predicted octanol–water partition coefficient (Wildman–Crippen LogP) is 2.67. The molecule has 0 heterocycles. The quantitative estimate of drug-likeness (QED) is 0.774. The van der Waals surface area contributed by atoms with E-state index in [1.807, 2.05) is 30.3 Å². The van der Waals surface area contributed by atoms with Gasteiger partial charge in [0, 0.05) is 13.2 Å². The number of ether oxygens (including phenoxy) is 1. The Kier molecular flexibility index (Phi) is 5.14. The van der Waals surface area contributed by atoms with Crippen LogP contribution < -0.4 is 0 Å². The van der Waals surface area contributed by atoms with Crippen LogP contribution in [0.1, 0.15) is 37.4 Å². The van der Waals surface area contributed by atoms with Crippen LogP contribution in [0.3, 0.4) is 0 Å². The SMILES string of the molecule is COC(C(=O)N(CC#N)C1CCCC1)c1ccccc1. The van der Waals surface area contributed by atoms with E-state index in [4.69, 9.17) is 10.00 Å². The van der Waals surface area contributed by atoms with Crippen molar-refractivity contribution in [2.24, 2.45) is 0 Å². The van der Waals surface area contributed by atoms with Gasteiger partial charge in [-0.1, -0.05) is 43.2 Å². The molecule has 4 heteroatoms. The molecular weight excluding hydrogens is 252 g/mol. The minimum absolute atomic E-state index is 0.104. The zero-order chi connectivity index (χ0) is 14.4. The molecule has 1 amide bonds. The Labute approximate surface area is 120 Å². The van der Waals surface area contributed by atoms with Crippen LogP contribution in [0, 0.1) is 11.3 Å². The summed E-state index contributed by atoms with van der Waals surface area (Å²) in [7, 11) is 1.54. The maximum absolute atomic E-state index is 12.7. The van der Waals surface area contributed by atoms with Crippen molar-refractivity contribution in [3.05, 3.63) is 35.9 Å². The van der Waals surface area contributed by atoms with E-state index in [2.05, 4.69) is 6.07 Å². The normalized spacial score (nSPS) is 16.6. The van der Waals surface area contributed by atoms with E-state index >= 15 is 0 Å². The molecule has 0 spiro atoms. The Bertz CT molecular complexity index is 475. The fourth-order valence-electron chi connectivity index (χ4n) is 2.84. The van der Waals surface area contributed by atoms with Gasteiger partial charge in [0.25, 0.3) is 5.91 Å². The van der Waals surface area contributed by atoms with Gasteiger partial charge in [0.1, 0.15) is 6.54 Å². The van der Waals surface area contributed by atoms with Crippen molar-refractivity contribution in [1.29, 1.82) is 5.26 Å². The van der Waals surface area contributed by atoms with Gasteiger partial charge in [-0.15, -0.1) is 0 Å². The van der Waals surface area contributed by atoms with Gasteiger partial charge in [0.2, 0.25) is 0 Å². The second-order valence-electron chi connectivity index (χ2n) is 5.09. The lowest BCUT2D eigenvalue weighted by Crippen LogP contribution is -2.42. The molecule has 1 aliphatic carbocycles. The number of benzene rings is 1. The van der Waals surface area contributed by atoms with Gasteiger partial charge >= 0.3 is 0 Å². The number of carbonyl (C=O) groups excluding carboxylic acids is 1. The highest BCUT2D eigenvalue weighted by Gasteiger charge is 2.32. The predicted molar refractivity (Wildman–Crippen MR) is 75.8 cm³/mol. The van der Waals surface area contributed by atoms with Crippen molar-refractivity contribution in [1.82, 2.24) is 4.90 Å². The molecule has 0 N–H and O–H groups in total. The molecule has 0 aromatic heterocycles. The molecule has 4 nitrogen and oxygen atoms in total. The summed E-state index contributed by atoms with van der Waals surface area (Å²) in [5.74, 6) is -0.104. The van der Waals surface area contributed by atoms with Crippen molar-refractivity contribution < 1.29 is 9.53 Å². The molecule has 0 radical (unpaired) electrons. The number of hydrogen-bond donors (Lipinski definition) is 0. The Morgan fingerprint density at radius 1 is 1.40 bits per heavy atom. The number of hydrogen-bond acceptors (Lipinski definition) is 3. The molecule has 106 valence electrons. The molecule has 0 aliphatic heterocycles. The van der Waals surface area contributed by atoms with Crippen LogP contribution in [0.25, 0.3) is 0 Å². The van der Waals surface area contributed by atoms with Gasteiger partial charge in [-0.2, -0.15) is 5.26 Å². The smallest absolute Gasteiger partial charge is 0.257 e. The number of methoxy groups -OCH3 is 1. The van der Waals surface area contributed by atoms with E-state index in [1.54, 1.807) is 4.90 Å². The highest BCUT2D eigenvalue weighted by molar-refractivity contribution is 5.83. The minimum atomic E-state index is -0.620. The van der Waals surface area contributed by atoms with E-state index in [-0.39, 0.29) is 18.5 Å². The number of amides is 1. The van der Waals surface area contributed by atoms with Gasteiger partial charge < -0.3 is 9.64 Å². The number of nitrogens with zero attached hydrogens (tertiary/aromatic N) is 2. The molecule has 0 saturated heterocycles. The number of carbonyl (C=O) groups is 1. The first-order valence-corrected chi connectivity index (χ1v) is 7.03. The summed E-state index contributed by atoms with van der Waals surface area (Å²) < 4.78 is 5.38. The maximum Gasteiger partial charge on any atom is 0.257 e. The maximum atomic E-state index is 12.7. The monoisotopic (exact) mass is 272 g/mol. The molecular formula is C16H20N2O2. The van der Waals surface area contributed by atoms with E-state index in [9.17, 15) is 4.79 Å². The van der Waals surface area contributed by atoms with Gasteiger partial charge in [-0.3, -0.25) is 4.79 Å². The Balaban J connectivity index is 2.18. The fraction of sp³-hybridized carbons (Fsp3) is 0.500. The lowest BCUT2D eigenvalue weighted by molar-refractivity contribution is -0.144. The molecule has 1 unspecified atom stereocenters. The zero-order valence-electron chi connectivity index (χ0n) is 11.8. The average molecular weight is 272 g/mol. The molecule has 0 bridgehead atoms. The summed E-state index contributed by atoms with van der Waals surface area (Å²) in [6.07, 6.45) is 3.60. The van der Waals surface area contributed by atoms with Crippen molar-refractivity contribution in [2.45, 2.75) is 37.8 Å². The Morgan fingerprint density at radius 3 is 2.60 bits per heavy atom. The number of rotatable bonds is 5. The largest absolute Gasteiger partial charge is 0.367 e. The van der Waals surface area contributed by atoms with Crippen LogP contribution in [0.2, 0.25) is 0 Å². The average Bonchev–Trinajstić information content (AvgIpc) is 3.00. The van der Waals surface area contributed by atoms with Crippen LogP contribution in [-0.4, -0.2) is 30.5 Å². The van der Waals surface area contributed by atoms with Crippen molar-refractivity contribution in [2.75, 3.05) is 13.7 Å². The van der Waals surface area contributed by atoms with Crippen LogP contribution in [-0.2, 0) is 9.53 Å². The summed E-state index contributed by atoms with van der Waals surface area (Å²) in [6, 6.07) is 11.7. The highest BCUT2D eigenvalue weighted by Crippen LogP contribution is 2.27. The van der Waals surface area contributed by atoms with Crippen molar-refractivity contribution >= 4 is 5.91 Å². The highest BCUT2D eigenvalue weighted by atomic mass is 16.5. The summed E-state index contributed by atoms with van der Waals surface area (Å²) in [4.78, 5) is 14.4. The van der Waals surface area contributed by atoms with E-state index in [1.165, 1.54) is 7.11 Å². The van der Waals surface area contributed by atoms with E-state index in [0.717, 1.165) is 31.2 Å². The molecule has 1 fully saturated rings. The zero-order valence-corrected chi connectivity index (χ0v) is 11.8. The molecule has 1 aromatic carbocycles. The summed E-state index contributed by atoms with van der Waals surface area (Å²) in [5, 5.41) is 8.99. The Morgan fingerprint density at radius 2 is 2.05 bits per heavy atom. The second-order valence-corrected chi connectivity index (χ2v) is 5.09. The second kappa shape index (κ2) is 7.06. The molecule has 1 aliphatic rings. The summed E-state index contributed by atoms with van der Waals surface area (Å²) in [6.45, 7) is 0.135. The minimum Gasteiger partial charge on any atom is -0.367 e. The first-order valence-electron chi connectivity index (χ1n) is 7.03. The summed E-state index contributed by atoms with van der Waals surface area (Å²) in [5.41, 5.74) is 0.834. The van der Waals surface area contributed by atoms with Crippen LogP contribution in [0.4, 0.5) is 0 Å². The standard InChI is InChI=1S/C16H20N2O2/c1-20-15(13-7-3-2-4-8-13)16(19)18(12-11-17)14-9-5-6-10-14/h2-4,7-8,14-15H,5-6,9-10,12H2,1H3. The molecule has 1 aromatic rings. The lowest BCUT2D eigenvalue weighted by atomic mass is 10.1. The van der Waals surface area contributed by atoms with Crippen LogP contribution in [0.15, 0.2) is 30.3 Å². The van der Waals surface area contributed by atoms with Gasteiger partial charge in [-0.05, 0) is 18.4 Å². The first-order chi connectivity index (χ1) is 9.77. The van der Waals surface area contributed by atoms with Crippen LogP contribution in [0.5, 0.6) is 0 Å². The third-order valence-electron chi connectivity index (χ3n) is 3.85. The third kappa shape index (κ3) is 3.17. The van der Waals surface area contributed by atoms with Crippen molar-refractivity contribution in [3.8, 4) is 6.07 Å².